The maximum Gasteiger partial charge on any atom is 0.142 e. The van der Waals surface area contributed by atoms with Crippen LogP contribution in [-0.4, -0.2) is 9.38 Å². The summed E-state index contributed by atoms with van der Waals surface area (Å²) in [5, 5.41) is 0. The molecule has 0 fully saturated rings. The molecule has 2 aromatic heterocycles. The number of nitrogen functional groups attached to an aromatic ring is 1. The number of nitrogens with two attached hydrogens (primary N) is 1. The summed E-state index contributed by atoms with van der Waals surface area (Å²) >= 11 is 0. The third-order valence-electron chi connectivity index (χ3n) is 3.60. The number of fused-ring (bicyclic) bond motifs is 1. The van der Waals surface area contributed by atoms with Crippen LogP contribution in [0.15, 0.2) is 36.5 Å². The minimum atomic E-state index is 0.705. The molecule has 96 valence electrons. The molecule has 0 spiro atoms. The molecular formula is C16H17N3. The van der Waals surface area contributed by atoms with Crippen molar-refractivity contribution in [3.63, 3.8) is 0 Å². The van der Waals surface area contributed by atoms with Gasteiger partial charge < -0.3 is 5.73 Å². The molecule has 2 heterocycles. The second-order valence-corrected chi connectivity index (χ2v) is 5.00. The SMILES string of the molecule is Cc1cccc(C)c1-c1nc2c(C)cccn2c1N. The Labute approximate surface area is 112 Å². The van der Waals surface area contributed by atoms with Gasteiger partial charge in [-0.15, -0.1) is 0 Å². The Morgan fingerprint density at radius 3 is 2.21 bits per heavy atom. The lowest BCUT2D eigenvalue weighted by Crippen LogP contribution is -1.96. The molecule has 0 saturated carbocycles. The van der Waals surface area contributed by atoms with Crippen LogP contribution in [0.2, 0.25) is 0 Å². The van der Waals surface area contributed by atoms with Gasteiger partial charge in [-0.1, -0.05) is 24.3 Å². The molecule has 0 aliphatic rings. The Bertz CT molecular complexity index is 749. The Hall–Kier alpha value is -2.29. The molecule has 0 aliphatic carbocycles. The molecule has 3 heteroatoms. The number of anilines is 1. The van der Waals surface area contributed by atoms with Crippen molar-refractivity contribution in [3.8, 4) is 11.3 Å². The van der Waals surface area contributed by atoms with Gasteiger partial charge in [0, 0.05) is 11.8 Å². The molecule has 0 atom stereocenters. The summed E-state index contributed by atoms with van der Waals surface area (Å²) in [6, 6.07) is 10.3. The summed E-state index contributed by atoms with van der Waals surface area (Å²) < 4.78 is 1.95. The van der Waals surface area contributed by atoms with E-state index in [9.17, 15) is 0 Å². The molecule has 1 aromatic carbocycles. The lowest BCUT2D eigenvalue weighted by molar-refractivity contribution is 1.17. The van der Waals surface area contributed by atoms with E-state index in [1.54, 1.807) is 0 Å². The van der Waals surface area contributed by atoms with E-state index >= 15 is 0 Å². The molecule has 0 radical (unpaired) electrons. The summed E-state index contributed by atoms with van der Waals surface area (Å²) in [5.41, 5.74) is 12.8. The van der Waals surface area contributed by atoms with Gasteiger partial charge in [0.25, 0.3) is 0 Å². The van der Waals surface area contributed by atoms with Crippen molar-refractivity contribution in [3.05, 3.63) is 53.2 Å². The maximum absolute atomic E-state index is 6.28. The van der Waals surface area contributed by atoms with Gasteiger partial charge in [0.15, 0.2) is 0 Å². The molecule has 0 amide bonds. The van der Waals surface area contributed by atoms with E-state index in [1.807, 2.05) is 16.7 Å². The van der Waals surface area contributed by atoms with Crippen molar-refractivity contribution in [1.29, 1.82) is 0 Å². The average molecular weight is 251 g/mol. The normalized spacial score (nSPS) is 11.1. The summed E-state index contributed by atoms with van der Waals surface area (Å²) in [5.74, 6) is 0.705. The summed E-state index contributed by atoms with van der Waals surface area (Å²) in [7, 11) is 0. The minimum absolute atomic E-state index is 0.705. The molecule has 3 rings (SSSR count). The number of hydrogen-bond donors (Lipinski definition) is 1. The summed E-state index contributed by atoms with van der Waals surface area (Å²) in [4.78, 5) is 4.74. The van der Waals surface area contributed by atoms with E-state index in [0.29, 0.717) is 5.82 Å². The lowest BCUT2D eigenvalue weighted by Gasteiger charge is -2.07. The van der Waals surface area contributed by atoms with Gasteiger partial charge in [-0.2, -0.15) is 0 Å². The van der Waals surface area contributed by atoms with Gasteiger partial charge in [0.2, 0.25) is 0 Å². The highest BCUT2D eigenvalue weighted by atomic mass is 15.1. The number of rotatable bonds is 1. The van der Waals surface area contributed by atoms with E-state index < -0.39 is 0 Å². The first-order valence-corrected chi connectivity index (χ1v) is 6.39. The van der Waals surface area contributed by atoms with E-state index in [-0.39, 0.29) is 0 Å². The van der Waals surface area contributed by atoms with Crippen molar-refractivity contribution in [1.82, 2.24) is 9.38 Å². The van der Waals surface area contributed by atoms with Crippen LogP contribution < -0.4 is 5.73 Å². The van der Waals surface area contributed by atoms with E-state index in [2.05, 4.69) is 45.0 Å². The monoisotopic (exact) mass is 251 g/mol. The van der Waals surface area contributed by atoms with Gasteiger partial charge >= 0.3 is 0 Å². The quantitative estimate of drug-likeness (QED) is 0.719. The van der Waals surface area contributed by atoms with Crippen LogP contribution in [0.1, 0.15) is 16.7 Å². The fraction of sp³-hybridized carbons (Fsp3) is 0.188. The zero-order chi connectivity index (χ0) is 13.6. The zero-order valence-corrected chi connectivity index (χ0v) is 11.4. The maximum atomic E-state index is 6.28. The summed E-state index contributed by atoms with van der Waals surface area (Å²) in [6.07, 6.45) is 1.96. The van der Waals surface area contributed by atoms with Crippen molar-refractivity contribution < 1.29 is 0 Å². The fourth-order valence-corrected chi connectivity index (χ4v) is 2.59. The van der Waals surface area contributed by atoms with Gasteiger partial charge in [0.1, 0.15) is 17.2 Å². The first-order valence-electron chi connectivity index (χ1n) is 6.39. The molecular weight excluding hydrogens is 234 g/mol. The van der Waals surface area contributed by atoms with Crippen LogP contribution in [-0.2, 0) is 0 Å². The molecule has 0 saturated heterocycles. The Morgan fingerprint density at radius 2 is 1.58 bits per heavy atom. The van der Waals surface area contributed by atoms with Crippen molar-refractivity contribution >= 4 is 11.5 Å². The zero-order valence-electron chi connectivity index (χ0n) is 11.4. The van der Waals surface area contributed by atoms with E-state index in [4.69, 9.17) is 10.7 Å². The highest BCUT2D eigenvalue weighted by molar-refractivity contribution is 5.79. The van der Waals surface area contributed by atoms with Gasteiger partial charge in [-0.25, -0.2) is 4.98 Å². The Kier molecular flexibility index (Phi) is 2.56. The third kappa shape index (κ3) is 1.70. The number of imidazole rings is 1. The first kappa shape index (κ1) is 11.8. The minimum Gasteiger partial charge on any atom is -0.383 e. The van der Waals surface area contributed by atoms with Crippen LogP contribution >= 0.6 is 0 Å². The van der Waals surface area contributed by atoms with Crippen molar-refractivity contribution in [2.45, 2.75) is 20.8 Å². The van der Waals surface area contributed by atoms with Crippen LogP contribution in [0, 0.1) is 20.8 Å². The number of nitrogens with zero attached hydrogens (tertiary/aromatic N) is 2. The van der Waals surface area contributed by atoms with Gasteiger partial charge in [0.05, 0.1) is 0 Å². The predicted molar refractivity (Wildman–Crippen MR) is 79.3 cm³/mol. The first-order chi connectivity index (χ1) is 9.09. The molecule has 0 unspecified atom stereocenters. The molecule has 0 bridgehead atoms. The molecule has 3 nitrogen and oxygen atoms in total. The van der Waals surface area contributed by atoms with Crippen molar-refractivity contribution in [2.75, 3.05) is 5.73 Å². The fourth-order valence-electron chi connectivity index (χ4n) is 2.59. The highest BCUT2D eigenvalue weighted by Gasteiger charge is 2.15. The second kappa shape index (κ2) is 4.12. The summed E-state index contributed by atoms with van der Waals surface area (Å²) in [6.45, 7) is 6.24. The highest BCUT2D eigenvalue weighted by Crippen LogP contribution is 2.32. The standard InChI is InChI=1S/C16H17N3/c1-10-6-4-7-11(2)13(10)14-15(17)19-9-5-8-12(3)16(19)18-14/h4-9H,17H2,1-3H3. The number of benzene rings is 1. The van der Waals surface area contributed by atoms with E-state index in [0.717, 1.165) is 22.5 Å². The van der Waals surface area contributed by atoms with Crippen LogP contribution in [0.25, 0.3) is 16.9 Å². The molecule has 3 aromatic rings. The third-order valence-corrected chi connectivity index (χ3v) is 3.60. The lowest BCUT2D eigenvalue weighted by atomic mass is 10.0. The topological polar surface area (TPSA) is 43.3 Å². The number of aromatic nitrogens is 2. The molecule has 19 heavy (non-hydrogen) atoms. The van der Waals surface area contributed by atoms with E-state index in [1.165, 1.54) is 11.1 Å². The van der Waals surface area contributed by atoms with Gasteiger partial charge in [-0.05, 0) is 43.5 Å². The van der Waals surface area contributed by atoms with Gasteiger partial charge in [-0.3, -0.25) is 4.40 Å². The number of aryl methyl sites for hydroxylation is 3. The van der Waals surface area contributed by atoms with Crippen molar-refractivity contribution in [2.24, 2.45) is 0 Å². The number of pyridine rings is 1. The Balaban J connectivity index is 2.38. The van der Waals surface area contributed by atoms with Crippen LogP contribution in [0.3, 0.4) is 0 Å². The smallest absolute Gasteiger partial charge is 0.142 e. The predicted octanol–water partition coefficient (Wildman–Crippen LogP) is 3.51. The largest absolute Gasteiger partial charge is 0.383 e. The van der Waals surface area contributed by atoms with Crippen LogP contribution in [0.5, 0.6) is 0 Å². The second-order valence-electron chi connectivity index (χ2n) is 5.00. The molecule has 0 aliphatic heterocycles. The van der Waals surface area contributed by atoms with Crippen LogP contribution in [0.4, 0.5) is 5.82 Å². The molecule has 2 N–H and O–H groups in total. The Morgan fingerprint density at radius 1 is 0.947 bits per heavy atom. The average Bonchev–Trinajstić information content (AvgIpc) is 2.69. The number of hydrogen-bond acceptors (Lipinski definition) is 2.